The number of aryl methyl sites for hydroxylation is 11. The number of aliphatic hydroxyl groups excluding tert-OH is 5. The molecule has 1 aromatic carbocycles. The molecule has 0 spiro atoms. The van der Waals surface area contributed by atoms with Crippen molar-refractivity contribution in [3.8, 4) is 85.4 Å². The predicted molar refractivity (Wildman–Crippen MR) is 569 cm³/mol. The number of rotatable bonds is 31. The van der Waals surface area contributed by atoms with E-state index < -0.39 is 0 Å². The quantitative estimate of drug-likeness (QED) is 0.0193. The second kappa shape index (κ2) is 49.6. The monoisotopic (exact) mass is 1970 g/mol. The molecule has 1 fully saturated rings. The number of imidazole rings is 5. The van der Waals surface area contributed by atoms with Crippen LogP contribution >= 0.6 is 0 Å². The number of aliphatic hydroxyl groups is 5. The molecule has 0 unspecified atom stereocenters. The number of anilines is 5. The van der Waals surface area contributed by atoms with Crippen molar-refractivity contribution in [3.05, 3.63) is 304 Å². The van der Waals surface area contributed by atoms with Crippen molar-refractivity contribution < 1.29 is 25.5 Å². The van der Waals surface area contributed by atoms with Crippen LogP contribution in [0, 0.1) is 93.9 Å². The SMILES string of the molecule is CC[C@H](C)Nc1nnc(-c2ccc(-n3cnc(C)c3)c(CO)n2)cc1C.Cc1ccc([C@@H](Nc2nnc(-c3ccc(-n4cnc(C)c4)c(CO)n3)cc2C)C(C)C)cc1.Cc1cn(-c2ccc(-c3cc(C)c(N[C@@H](C)C(C)C)nn3)nc2CO)cn1.Cc1cn(-c2ccc(-c3cc(C)c(N[C@@H](C)C4CCCCC4)nn3)nc2CO)cn1.Cc1cn(-c2ccc(-c3cc(C)c(N[C@@H](C)c4ccncc4)nn3)nc2CO)cn1. The smallest absolute Gasteiger partial charge is 0.152 e. The highest BCUT2D eigenvalue weighted by molar-refractivity contribution is 5.66. The third-order valence-electron chi connectivity index (χ3n) is 25.7. The first kappa shape index (κ1) is 106. The Hall–Kier alpha value is -15.6. The van der Waals surface area contributed by atoms with Crippen LogP contribution in [-0.2, 0) is 33.0 Å². The Morgan fingerprint density at radius 1 is 0.308 bits per heavy atom. The Morgan fingerprint density at radius 2 is 0.603 bits per heavy atom. The highest BCUT2D eigenvalue weighted by atomic mass is 16.3. The van der Waals surface area contributed by atoms with E-state index in [2.05, 4.69) is 226 Å². The second-order valence-corrected chi connectivity index (χ2v) is 37.9. The number of hydrogen-bond acceptors (Lipinski definition) is 31. The summed E-state index contributed by atoms with van der Waals surface area (Å²) in [4.78, 5) is 48.3. The van der Waals surface area contributed by atoms with Crippen LogP contribution in [0.3, 0.4) is 0 Å². The van der Waals surface area contributed by atoms with Crippen LogP contribution < -0.4 is 26.6 Å². The molecular formula is C110H133N31O5. The average molecular weight is 1970 g/mol. The van der Waals surface area contributed by atoms with Gasteiger partial charge in [-0.15, -0.1) is 51.0 Å². The van der Waals surface area contributed by atoms with Crippen LogP contribution in [0.2, 0.25) is 0 Å². The first-order valence-electron chi connectivity index (χ1n) is 49.5. The average Bonchev–Trinajstić information content (AvgIpc) is 1.22. The van der Waals surface area contributed by atoms with Crippen LogP contribution in [0.25, 0.3) is 85.4 Å². The van der Waals surface area contributed by atoms with Gasteiger partial charge in [0.2, 0.25) is 0 Å². The third-order valence-corrected chi connectivity index (χ3v) is 25.7. The van der Waals surface area contributed by atoms with Crippen LogP contribution in [0.1, 0.15) is 214 Å². The van der Waals surface area contributed by atoms with Crippen molar-refractivity contribution in [1.82, 2.24) is 129 Å². The van der Waals surface area contributed by atoms with Crippen molar-refractivity contribution in [1.29, 1.82) is 0 Å². The number of aromatic nitrogens is 26. The maximum atomic E-state index is 9.89. The second-order valence-electron chi connectivity index (χ2n) is 37.9. The maximum absolute atomic E-state index is 9.89. The van der Waals surface area contributed by atoms with Gasteiger partial charge < -0.3 is 75.0 Å². The van der Waals surface area contributed by atoms with Crippen LogP contribution in [0.4, 0.5) is 29.1 Å². The summed E-state index contributed by atoms with van der Waals surface area (Å²) in [6.07, 6.45) is 29.2. The first-order chi connectivity index (χ1) is 70.3. The molecule has 36 nitrogen and oxygen atoms in total. The molecule has 0 bridgehead atoms. The van der Waals surface area contributed by atoms with E-state index in [0.717, 1.165) is 126 Å². The molecule has 1 aliphatic rings. The Morgan fingerprint density at radius 3 is 0.877 bits per heavy atom. The van der Waals surface area contributed by atoms with Gasteiger partial charge in [0, 0.05) is 61.5 Å². The van der Waals surface area contributed by atoms with Gasteiger partial charge in [-0.1, -0.05) is 83.7 Å². The molecule has 16 heterocycles. The zero-order valence-electron chi connectivity index (χ0n) is 86.8. The van der Waals surface area contributed by atoms with E-state index >= 15 is 0 Å². The van der Waals surface area contributed by atoms with Crippen molar-refractivity contribution >= 4 is 29.1 Å². The summed E-state index contributed by atoms with van der Waals surface area (Å²) in [5.41, 5.74) is 26.7. The van der Waals surface area contributed by atoms with Gasteiger partial charge in [-0.05, 0) is 283 Å². The highest BCUT2D eigenvalue weighted by Gasteiger charge is 2.26. The van der Waals surface area contributed by atoms with Gasteiger partial charge in [-0.2, -0.15) is 0 Å². The Kier molecular flexibility index (Phi) is 36.0. The molecule has 18 rings (SSSR count). The van der Waals surface area contributed by atoms with E-state index in [-0.39, 0.29) is 45.1 Å². The van der Waals surface area contributed by atoms with Gasteiger partial charge in [0.05, 0.1) is 191 Å². The lowest BCUT2D eigenvalue weighted by Gasteiger charge is -2.28. The van der Waals surface area contributed by atoms with E-state index in [4.69, 9.17) is 0 Å². The lowest BCUT2D eigenvalue weighted by molar-refractivity contribution is 0.276. The van der Waals surface area contributed by atoms with Gasteiger partial charge in [0.25, 0.3) is 0 Å². The minimum atomic E-state index is -0.185. The van der Waals surface area contributed by atoms with E-state index in [1.165, 1.54) is 43.2 Å². The lowest BCUT2D eigenvalue weighted by atomic mass is 9.84. The zero-order chi connectivity index (χ0) is 104. The fourth-order valence-electron chi connectivity index (χ4n) is 16.7. The minimum Gasteiger partial charge on any atom is -0.390 e. The van der Waals surface area contributed by atoms with Crippen molar-refractivity contribution in [2.45, 2.75) is 240 Å². The molecule has 5 atom stereocenters. The number of hydrogen-bond donors (Lipinski definition) is 10. The molecule has 0 amide bonds. The van der Waals surface area contributed by atoms with Gasteiger partial charge in [-0.3, -0.25) is 4.98 Å². The van der Waals surface area contributed by atoms with Crippen LogP contribution in [-0.4, -0.2) is 172 Å². The fourth-order valence-corrected chi connectivity index (χ4v) is 16.7. The summed E-state index contributed by atoms with van der Waals surface area (Å²) in [5, 5.41) is 110. The Bertz CT molecular complexity index is 7210. The van der Waals surface area contributed by atoms with E-state index in [1.54, 1.807) is 44.0 Å². The fraction of sp³-hybridized carbons (Fsp3) is 0.355. The van der Waals surface area contributed by atoms with Gasteiger partial charge in [0.1, 0.15) is 28.5 Å². The molecular weight excluding hydrogens is 1840 g/mol. The number of pyridine rings is 6. The summed E-state index contributed by atoms with van der Waals surface area (Å²) in [5.74, 6) is 5.46. The zero-order valence-corrected chi connectivity index (χ0v) is 86.8. The molecule has 1 aliphatic carbocycles. The van der Waals surface area contributed by atoms with E-state index in [9.17, 15) is 25.5 Å². The van der Waals surface area contributed by atoms with Crippen molar-refractivity contribution in [3.63, 3.8) is 0 Å². The molecule has 758 valence electrons. The summed E-state index contributed by atoms with van der Waals surface area (Å²) >= 11 is 0. The van der Waals surface area contributed by atoms with Gasteiger partial charge >= 0.3 is 0 Å². The summed E-state index contributed by atoms with van der Waals surface area (Å²) in [6, 6.07) is 42.7. The van der Waals surface area contributed by atoms with Crippen molar-refractivity contribution in [2.75, 3.05) is 26.6 Å². The molecule has 0 saturated heterocycles. The number of nitrogens with zero attached hydrogens (tertiary/aromatic N) is 26. The molecule has 17 aromatic rings. The Balaban J connectivity index is 0.000000145. The van der Waals surface area contributed by atoms with Crippen LogP contribution in [0.5, 0.6) is 0 Å². The maximum Gasteiger partial charge on any atom is 0.152 e. The Labute approximate surface area is 852 Å². The third kappa shape index (κ3) is 27.1. The number of benzene rings is 1. The van der Waals surface area contributed by atoms with Crippen molar-refractivity contribution in [2.24, 2.45) is 17.8 Å². The largest absolute Gasteiger partial charge is 0.390 e. The number of nitrogens with one attached hydrogen (secondary N) is 5. The molecule has 146 heavy (non-hydrogen) atoms. The molecule has 16 aromatic heterocycles. The molecule has 10 N–H and O–H groups in total. The summed E-state index contributed by atoms with van der Waals surface area (Å²) in [6.45, 7) is 40.3. The summed E-state index contributed by atoms with van der Waals surface area (Å²) < 4.78 is 9.29. The van der Waals surface area contributed by atoms with Gasteiger partial charge in [0.15, 0.2) is 29.1 Å². The van der Waals surface area contributed by atoms with E-state index in [1.807, 2.05) is 226 Å². The lowest BCUT2D eigenvalue weighted by Crippen LogP contribution is -2.28. The standard InChI is InChI=1S/C26H30N6O.C23H30N6O.C22H23N7O.C20H26N6O.C19H24N6O/c1-16(2)25(20-8-6-17(3)7-9-20)29-26-18(4)12-22(30-31-26)21-10-11-24(23(14-33)28-21)32-13-19(5)27-15-32;1-15-11-20(27-28-23(15)25-17(3)18-7-5-4-6-8-18)19-9-10-22(21(13-30)26-19)29-12-16(2)24-14-29;1-14-10-19(27-28-22(14)25-16(3)17-6-8-23-9-7-17)18-4-5-21(20(12-30)26-18)29-11-15(2)24-13-29;1-12(2)15(5)22-20-13(3)8-17(24-25-20)16-6-7-19(18(10-27)23-16)26-9-14(4)21-11-26;1-5-13(3)21-19-12(2)8-16(23-24-19)15-6-7-18(17(10-26)22-15)25-9-14(4)20-11-25/h6-13,15-16,25,33H,14H2,1-5H3,(H,29,31);9-12,14,17-18,30H,4-8,13H2,1-3H3,(H,25,28);4-11,13,16,30H,12H2,1-3H3,(H,25,28);6-9,11-12,15,27H,10H2,1-5H3,(H,22,25);6-9,11,13,26H,5,10H2,1-4H3,(H,21,24)/t25-;17-;16-;15-;13-/m00000/s1. The first-order valence-corrected chi connectivity index (χ1v) is 49.5. The molecule has 36 heteroatoms. The molecule has 0 aliphatic heterocycles. The van der Waals surface area contributed by atoms with Crippen LogP contribution in [0.15, 0.2) is 202 Å². The molecule has 1 saturated carbocycles. The summed E-state index contributed by atoms with van der Waals surface area (Å²) in [7, 11) is 0. The molecule has 0 radical (unpaired) electrons. The van der Waals surface area contributed by atoms with E-state index in [0.29, 0.717) is 121 Å². The topological polar surface area (TPSA) is 457 Å². The normalized spacial score (nSPS) is 13.0. The predicted octanol–water partition coefficient (Wildman–Crippen LogP) is 18.9. The van der Waals surface area contributed by atoms with Gasteiger partial charge in [-0.25, -0.2) is 49.8 Å². The minimum absolute atomic E-state index is 0.0730. The highest BCUT2D eigenvalue weighted by Crippen LogP contribution is 2.35.